The number of likely N-dealkylation sites (N-methyl/N-ethyl adjacent to an activating group) is 2. The first-order chi connectivity index (χ1) is 13.2. The second-order valence-corrected chi connectivity index (χ2v) is 6.62. The minimum Gasteiger partial charge on any atom is -0.507 e. The van der Waals surface area contributed by atoms with E-state index in [9.17, 15) is 30.4 Å². The van der Waals surface area contributed by atoms with Gasteiger partial charge in [-0.3, -0.25) is 20.2 Å². The highest BCUT2D eigenvalue weighted by Gasteiger charge is 2.14. The molecule has 0 radical (unpaired) electrons. The van der Waals surface area contributed by atoms with Crippen molar-refractivity contribution in [2.45, 2.75) is 13.1 Å². The van der Waals surface area contributed by atoms with Crippen molar-refractivity contribution in [3.05, 3.63) is 67.8 Å². The van der Waals surface area contributed by atoms with Crippen LogP contribution in [-0.4, -0.2) is 57.0 Å². The number of nitro groups is 2. The van der Waals surface area contributed by atoms with Gasteiger partial charge in [-0.05, 0) is 26.2 Å². The monoisotopic (exact) mass is 390 g/mol. The topological polar surface area (TPSA) is 133 Å². The van der Waals surface area contributed by atoms with Crippen LogP contribution in [-0.2, 0) is 13.1 Å². The molecule has 0 saturated heterocycles. The van der Waals surface area contributed by atoms with E-state index in [1.807, 2.05) is 23.9 Å². The SMILES string of the molecule is CN(CCN(C)Cc1ccc([N+](=O)[O-])cc1O)Cc1ccc([N+](=O)[O-])cc1O. The number of aromatic hydroxyl groups is 2. The summed E-state index contributed by atoms with van der Waals surface area (Å²) in [6, 6.07) is 8.03. The highest BCUT2D eigenvalue weighted by atomic mass is 16.6. The normalized spacial score (nSPS) is 11.1. The van der Waals surface area contributed by atoms with Crippen LogP contribution in [0, 0.1) is 20.2 Å². The van der Waals surface area contributed by atoms with E-state index < -0.39 is 9.85 Å². The molecule has 10 heteroatoms. The zero-order valence-electron chi connectivity index (χ0n) is 15.6. The van der Waals surface area contributed by atoms with E-state index in [4.69, 9.17) is 0 Å². The number of rotatable bonds is 9. The van der Waals surface area contributed by atoms with Crippen molar-refractivity contribution in [1.29, 1.82) is 0 Å². The number of phenolic OH excluding ortho intramolecular Hbond substituents is 2. The molecule has 0 spiro atoms. The van der Waals surface area contributed by atoms with Crippen molar-refractivity contribution in [1.82, 2.24) is 9.80 Å². The summed E-state index contributed by atoms with van der Waals surface area (Å²) in [7, 11) is 3.72. The van der Waals surface area contributed by atoms with Crippen LogP contribution >= 0.6 is 0 Å². The lowest BCUT2D eigenvalue weighted by atomic mass is 10.1. The Morgan fingerprint density at radius 1 is 0.786 bits per heavy atom. The highest BCUT2D eigenvalue weighted by molar-refractivity contribution is 5.44. The fourth-order valence-corrected chi connectivity index (χ4v) is 2.68. The van der Waals surface area contributed by atoms with Gasteiger partial charge in [0.1, 0.15) is 11.5 Å². The molecule has 28 heavy (non-hydrogen) atoms. The van der Waals surface area contributed by atoms with Crippen LogP contribution in [0.1, 0.15) is 11.1 Å². The van der Waals surface area contributed by atoms with Gasteiger partial charge in [-0.15, -0.1) is 0 Å². The van der Waals surface area contributed by atoms with Gasteiger partial charge in [0.15, 0.2) is 0 Å². The Balaban J connectivity index is 1.88. The molecular formula is C18H22N4O6. The predicted octanol–water partition coefficient (Wildman–Crippen LogP) is 2.48. The predicted molar refractivity (Wildman–Crippen MR) is 102 cm³/mol. The van der Waals surface area contributed by atoms with Crippen LogP contribution in [0.4, 0.5) is 11.4 Å². The molecule has 0 unspecified atom stereocenters. The number of hydrogen-bond donors (Lipinski definition) is 2. The summed E-state index contributed by atoms with van der Waals surface area (Å²) in [5, 5.41) is 41.3. The maximum absolute atomic E-state index is 10.7. The molecule has 10 nitrogen and oxygen atoms in total. The molecule has 0 atom stereocenters. The lowest BCUT2D eigenvalue weighted by Crippen LogP contribution is -2.30. The lowest BCUT2D eigenvalue weighted by molar-refractivity contribution is -0.385. The molecule has 2 aromatic carbocycles. The number of phenols is 2. The van der Waals surface area contributed by atoms with Gasteiger partial charge in [0, 0.05) is 49.4 Å². The van der Waals surface area contributed by atoms with Gasteiger partial charge in [0.05, 0.1) is 22.0 Å². The van der Waals surface area contributed by atoms with Crippen LogP contribution in [0.5, 0.6) is 11.5 Å². The van der Waals surface area contributed by atoms with E-state index in [-0.39, 0.29) is 22.9 Å². The van der Waals surface area contributed by atoms with E-state index in [1.165, 1.54) is 24.3 Å². The summed E-state index contributed by atoms with van der Waals surface area (Å²) in [6.45, 7) is 2.11. The first-order valence-corrected chi connectivity index (χ1v) is 8.47. The average Bonchev–Trinajstić information content (AvgIpc) is 2.63. The molecule has 0 aliphatic heterocycles. The molecule has 0 bridgehead atoms. The van der Waals surface area contributed by atoms with Crippen LogP contribution in [0.3, 0.4) is 0 Å². The second kappa shape index (κ2) is 9.11. The molecule has 0 aliphatic carbocycles. The zero-order chi connectivity index (χ0) is 20.8. The summed E-state index contributed by atoms with van der Waals surface area (Å²) in [5.41, 5.74) is 0.852. The molecule has 0 aromatic heterocycles. The minimum absolute atomic E-state index is 0.120. The first kappa shape index (κ1) is 21.1. The van der Waals surface area contributed by atoms with Gasteiger partial charge >= 0.3 is 0 Å². The second-order valence-electron chi connectivity index (χ2n) is 6.62. The van der Waals surface area contributed by atoms with Gasteiger partial charge in [-0.1, -0.05) is 0 Å². The van der Waals surface area contributed by atoms with Crippen LogP contribution in [0.15, 0.2) is 36.4 Å². The molecular weight excluding hydrogens is 368 g/mol. The molecule has 0 aliphatic rings. The largest absolute Gasteiger partial charge is 0.507 e. The number of benzene rings is 2. The summed E-state index contributed by atoms with van der Waals surface area (Å²) in [4.78, 5) is 24.2. The summed E-state index contributed by atoms with van der Waals surface area (Å²) < 4.78 is 0. The summed E-state index contributed by atoms with van der Waals surface area (Å²) in [6.07, 6.45) is 0. The van der Waals surface area contributed by atoms with E-state index >= 15 is 0 Å². The Hall–Kier alpha value is -3.24. The van der Waals surface area contributed by atoms with E-state index in [0.717, 1.165) is 12.1 Å². The molecule has 0 fully saturated rings. The van der Waals surface area contributed by atoms with Gasteiger partial charge in [-0.2, -0.15) is 0 Å². The van der Waals surface area contributed by atoms with Crippen molar-refractivity contribution >= 4 is 11.4 Å². The van der Waals surface area contributed by atoms with Gasteiger partial charge in [-0.25, -0.2) is 0 Å². The number of nitrogens with zero attached hydrogens (tertiary/aromatic N) is 4. The third-order valence-corrected chi connectivity index (χ3v) is 4.30. The zero-order valence-corrected chi connectivity index (χ0v) is 15.6. The van der Waals surface area contributed by atoms with Crippen LogP contribution < -0.4 is 0 Å². The van der Waals surface area contributed by atoms with E-state index in [1.54, 1.807) is 0 Å². The van der Waals surface area contributed by atoms with Crippen LogP contribution in [0.2, 0.25) is 0 Å². The number of nitro benzene ring substituents is 2. The first-order valence-electron chi connectivity index (χ1n) is 8.47. The van der Waals surface area contributed by atoms with Gasteiger partial charge in [0.2, 0.25) is 0 Å². The minimum atomic E-state index is -0.560. The Kier molecular flexibility index (Phi) is 6.85. The van der Waals surface area contributed by atoms with E-state index in [0.29, 0.717) is 37.3 Å². The standard InChI is InChI=1S/C18H22N4O6/c1-19(11-13-3-5-15(21(25)26)9-17(13)23)7-8-20(2)12-14-4-6-16(22(27)28)10-18(14)24/h3-6,9-10,23-24H,7-8,11-12H2,1-2H3. The summed E-state index contributed by atoms with van der Waals surface area (Å²) in [5.74, 6) is -0.240. The molecule has 2 aromatic rings. The van der Waals surface area contributed by atoms with Gasteiger partial charge < -0.3 is 20.0 Å². The maximum Gasteiger partial charge on any atom is 0.273 e. The maximum atomic E-state index is 10.7. The lowest BCUT2D eigenvalue weighted by Gasteiger charge is -2.22. The highest BCUT2D eigenvalue weighted by Crippen LogP contribution is 2.25. The van der Waals surface area contributed by atoms with Crippen molar-refractivity contribution in [2.24, 2.45) is 0 Å². The molecule has 150 valence electrons. The molecule has 0 amide bonds. The Labute approximate surface area is 161 Å². The summed E-state index contributed by atoms with van der Waals surface area (Å²) >= 11 is 0. The third kappa shape index (κ3) is 5.63. The average molecular weight is 390 g/mol. The number of non-ortho nitro benzene ring substituents is 2. The van der Waals surface area contributed by atoms with Crippen molar-refractivity contribution in [2.75, 3.05) is 27.2 Å². The van der Waals surface area contributed by atoms with Gasteiger partial charge in [0.25, 0.3) is 11.4 Å². The fourth-order valence-electron chi connectivity index (χ4n) is 2.68. The van der Waals surface area contributed by atoms with E-state index in [2.05, 4.69) is 0 Å². The third-order valence-electron chi connectivity index (χ3n) is 4.30. The Bertz CT molecular complexity index is 802. The Morgan fingerprint density at radius 2 is 1.14 bits per heavy atom. The van der Waals surface area contributed by atoms with Crippen molar-refractivity contribution < 1.29 is 20.1 Å². The quantitative estimate of drug-likeness (QED) is 0.493. The molecule has 2 rings (SSSR count). The molecule has 0 saturated carbocycles. The fraction of sp³-hybridized carbons (Fsp3) is 0.333. The molecule has 2 N–H and O–H groups in total. The number of hydrogen-bond acceptors (Lipinski definition) is 8. The molecule has 0 heterocycles. The van der Waals surface area contributed by atoms with Crippen LogP contribution in [0.25, 0.3) is 0 Å². The van der Waals surface area contributed by atoms with Crippen molar-refractivity contribution in [3.63, 3.8) is 0 Å². The Morgan fingerprint density at radius 3 is 1.43 bits per heavy atom. The van der Waals surface area contributed by atoms with Crippen molar-refractivity contribution in [3.8, 4) is 11.5 Å². The smallest absolute Gasteiger partial charge is 0.273 e.